The number of thiazole rings is 1. The van der Waals surface area contributed by atoms with Crippen LogP contribution in [0.25, 0.3) is 10.6 Å². The topological polar surface area (TPSA) is 78.0 Å². The van der Waals surface area contributed by atoms with Crippen molar-refractivity contribution in [2.24, 2.45) is 0 Å². The van der Waals surface area contributed by atoms with E-state index in [-0.39, 0.29) is 4.90 Å². The van der Waals surface area contributed by atoms with Gasteiger partial charge in [0.1, 0.15) is 10.8 Å². The molecule has 0 fully saturated rings. The minimum atomic E-state index is -3.59. The van der Waals surface area contributed by atoms with Crippen LogP contribution in [0.2, 0.25) is 0 Å². The zero-order valence-electron chi connectivity index (χ0n) is 17.6. The highest BCUT2D eigenvalue weighted by molar-refractivity contribution is 7.89. The highest BCUT2D eigenvalue weighted by Crippen LogP contribution is 2.37. The number of sulfonamides is 1. The van der Waals surface area contributed by atoms with E-state index in [1.807, 2.05) is 25.1 Å². The Bertz CT molecular complexity index is 1170. The molecule has 0 amide bonds. The minimum Gasteiger partial charge on any atom is -0.494 e. The van der Waals surface area contributed by atoms with E-state index in [2.05, 4.69) is 0 Å². The molecule has 2 heterocycles. The lowest BCUT2D eigenvalue weighted by Crippen LogP contribution is -2.35. The number of ether oxygens (including phenoxy) is 3. The maximum Gasteiger partial charge on any atom is 0.243 e. The van der Waals surface area contributed by atoms with Crippen LogP contribution in [-0.2, 0) is 23.0 Å². The van der Waals surface area contributed by atoms with Crippen LogP contribution in [0.3, 0.4) is 0 Å². The molecule has 0 atom stereocenters. The second-order valence-electron chi connectivity index (χ2n) is 6.95. The molecule has 164 valence electrons. The third-order valence-electron chi connectivity index (χ3n) is 5.10. The zero-order valence-corrected chi connectivity index (χ0v) is 19.3. The first kappa shape index (κ1) is 21.6. The van der Waals surface area contributed by atoms with Gasteiger partial charge < -0.3 is 14.2 Å². The van der Waals surface area contributed by atoms with Crippen molar-refractivity contribution in [2.45, 2.75) is 24.8 Å². The summed E-state index contributed by atoms with van der Waals surface area (Å²) in [5.41, 5.74) is 1.87. The fourth-order valence-corrected chi connectivity index (χ4v) is 6.10. The lowest BCUT2D eigenvalue weighted by Gasteiger charge is -2.25. The summed E-state index contributed by atoms with van der Waals surface area (Å²) in [5.74, 6) is 1.94. The van der Waals surface area contributed by atoms with Crippen LogP contribution in [0.1, 0.15) is 17.5 Å². The molecule has 31 heavy (non-hydrogen) atoms. The van der Waals surface area contributed by atoms with Crippen molar-refractivity contribution in [3.05, 3.63) is 53.0 Å². The number of hydrogen-bond acceptors (Lipinski definition) is 7. The molecule has 3 aromatic rings. The Labute approximate surface area is 186 Å². The number of rotatable bonds is 7. The van der Waals surface area contributed by atoms with Gasteiger partial charge in [-0.3, -0.25) is 0 Å². The smallest absolute Gasteiger partial charge is 0.243 e. The molecule has 2 aromatic carbocycles. The lowest BCUT2D eigenvalue weighted by molar-refractivity contribution is 0.340. The summed E-state index contributed by atoms with van der Waals surface area (Å²) < 4.78 is 43.9. The summed E-state index contributed by atoms with van der Waals surface area (Å²) in [6.07, 6.45) is 0.579. The van der Waals surface area contributed by atoms with Crippen molar-refractivity contribution in [3.63, 3.8) is 0 Å². The Kier molecular flexibility index (Phi) is 6.17. The first-order valence-corrected chi connectivity index (χ1v) is 12.2. The molecule has 0 spiro atoms. The van der Waals surface area contributed by atoms with Gasteiger partial charge in [-0.15, -0.1) is 11.3 Å². The molecule has 4 rings (SSSR count). The van der Waals surface area contributed by atoms with Crippen molar-refractivity contribution in [3.8, 4) is 27.8 Å². The summed E-state index contributed by atoms with van der Waals surface area (Å²) in [7, 11) is -0.400. The Morgan fingerprint density at radius 1 is 1.06 bits per heavy atom. The number of benzene rings is 2. The molecule has 0 unspecified atom stereocenters. The van der Waals surface area contributed by atoms with E-state index in [1.165, 1.54) is 15.6 Å². The quantitative estimate of drug-likeness (QED) is 0.531. The molecule has 1 aromatic heterocycles. The van der Waals surface area contributed by atoms with E-state index < -0.39 is 10.0 Å². The predicted molar refractivity (Wildman–Crippen MR) is 120 cm³/mol. The molecule has 1 aliphatic heterocycles. The minimum absolute atomic E-state index is 0.268. The molecule has 7 nitrogen and oxygen atoms in total. The summed E-state index contributed by atoms with van der Waals surface area (Å²) in [4.78, 5) is 5.99. The van der Waals surface area contributed by atoms with Crippen LogP contribution in [0.5, 0.6) is 17.2 Å². The molecule has 0 aliphatic carbocycles. The van der Waals surface area contributed by atoms with Gasteiger partial charge in [-0.2, -0.15) is 4.31 Å². The summed E-state index contributed by atoms with van der Waals surface area (Å²) >= 11 is 1.51. The monoisotopic (exact) mass is 460 g/mol. The van der Waals surface area contributed by atoms with Gasteiger partial charge in [-0.05, 0) is 49.4 Å². The third-order valence-corrected chi connectivity index (χ3v) is 8.09. The number of hydrogen-bond donors (Lipinski definition) is 0. The van der Waals surface area contributed by atoms with Gasteiger partial charge in [-0.25, -0.2) is 13.4 Å². The van der Waals surface area contributed by atoms with Crippen LogP contribution < -0.4 is 14.2 Å². The second-order valence-corrected chi connectivity index (χ2v) is 9.97. The van der Waals surface area contributed by atoms with E-state index >= 15 is 0 Å². The SMILES string of the molecule is CCOc1ccc(S(=O)(=O)N2CCc3nc(-c4ccc(OC)c(OC)c4)sc3C2)cc1. The van der Waals surface area contributed by atoms with Crippen LogP contribution in [0.4, 0.5) is 0 Å². The molecular weight excluding hydrogens is 436 g/mol. The van der Waals surface area contributed by atoms with Crippen molar-refractivity contribution in [1.29, 1.82) is 0 Å². The Morgan fingerprint density at radius 3 is 2.48 bits per heavy atom. The van der Waals surface area contributed by atoms with Gasteiger partial charge in [0.25, 0.3) is 0 Å². The predicted octanol–water partition coefficient (Wildman–Crippen LogP) is 3.97. The number of methoxy groups -OCH3 is 2. The second kappa shape index (κ2) is 8.86. The first-order valence-electron chi connectivity index (χ1n) is 9.90. The van der Waals surface area contributed by atoms with Crippen LogP contribution in [0, 0.1) is 0 Å². The highest BCUT2D eigenvalue weighted by atomic mass is 32.2. The molecule has 0 saturated heterocycles. The Hall–Kier alpha value is -2.62. The van der Waals surface area contributed by atoms with E-state index in [0.717, 1.165) is 21.1 Å². The number of fused-ring (bicyclic) bond motifs is 1. The Morgan fingerprint density at radius 2 is 1.81 bits per heavy atom. The van der Waals surface area contributed by atoms with E-state index in [1.54, 1.807) is 38.5 Å². The third kappa shape index (κ3) is 4.26. The van der Waals surface area contributed by atoms with E-state index in [0.29, 0.717) is 43.4 Å². The van der Waals surface area contributed by atoms with E-state index in [4.69, 9.17) is 19.2 Å². The summed E-state index contributed by atoms with van der Waals surface area (Å²) in [6.45, 7) is 3.14. The molecular formula is C22H24N2O5S2. The maximum atomic E-state index is 13.1. The van der Waals surface area contributed by atoms with Gasteiger partial charge >= 0.3 is 0 Å². The summed E-state index contributed by atoms with van der Waals surface area (Å²) in [6, 6.07) is 12.2. The molecule has 0 radical (unpaired) electrons. The molecule has 0 bridgehead atoms. The fraction of sp³-hybridized carbons (Fsp3) is 0.318. The fourth-order valence-electron chi connectivity index (χ4n) is 3.49. The average Bonchev–Trinajstić information content (AvgIpc) is 3.22. The average molecular weight is 461 g/mol. The number of nitrogens with zero attached hydrogens (tertiary/aromatic N) is 2. The molecule has 1 aliphatic rings. The zero-order chi connectivity index (χ0) is 22.0. The van der Waals surface area contributed by atoms with Crippen molar-refractivity contribution in [2.75, 3.05) is 27.4 Å². The van der Waals surface area contributed by atoms with Crippen molar-refractivity contribution >= 4 is 21.4 Å². The molecule has 9 heteroatoms. The normalized spacial score (nSPS) is 14.2. The maximum absolute atomic E-state index is 13.1. The van der Waals surface area contributed by atoms with Gasteiger partial charge in [0.2, 0.25) is 10.0 Å². The van der Waals surface area contributed by atoms with Gasteiger partial charge in [-0.1, -0.05) is 0 Å². The van der Waals surface area contributed by atoms with Crippen molar-refractivity contribution in [1.82, 2.24) is 9.29 Å². The largest absolute Gasteiger partial charge is 0.494 e. The van der Waals surface area contributed by atoms with Crippen LogP contribution in [-0.4, -0.2) is 45.1 Å². The Balaban J connectivity index is 1.57. The van der Waals surface area contributed by atoms with Gasteiger partial charge in [0, 0.05) is 23.4 Å². The molecule has 0 saturated carbocycles. The first-order chi connectivity index (χ1) is 15.0. The number of aromatic nitrogens is 1. The standard InChI is InChI=1S/C22H24N2O5S2/c1-4-29-16-6-8-17(9-7-16)31(25,26)24-12-11-18-21(14-24)30-22(23-18)15-5-10-19(27-2)20(13-15)28-3/h5-10,13H,4,11-12,14H2,1-3H3. The van der Waals surface area contributed by atoms with Crippen molar-refractivity contribution < 1.29 is 22.6 Å². The van der Waals surface area contributed by atoms with Gasteiger partial charge in [0.05, 0.1) is 38.0 Å². The summed E-state index contributed by atoms with van der Waals surface area (Å²) in [5, 5.41) is 0.839. The van der Waals surface area contributed by atoms with Crippen LogP contribution in [0.15, 0.2) is 47.4 Å². The van der Waals surface area contributed by atoms with Gasteiger partial charge in [0.15, 0.2) is 11.5 Å². The molecule has 0 N–H and O–H groups in total. The van der Waals surface area contributed by atoms with E-state index in [9.17, 15) is 8.42 Å². The van der Waals surface area contributed by atoms with Crippen LogP contribution >= 0.6 is 11.3 Å². The highest BCUT2D eigenvalue weighted by Gasteiger charge is 2.30. The lowest BCUT2D eigenvalue weighted by atomic mass is 10.2.